The van der Waals surface area contributed by atoms with E-state index in [9.17, 15) is 9.18 Å². The molecule has 0 unspecified atom stereocenters. The third-order valence-electron chi connectivity index (χ3n) is 2.00. The van der Waals surface area contributed by atoms with Gasteiger partial charge < -0.3 is 11.1 Å². The van der Waals surface area contributed by atoms with Gasteiger partial charge in [-0.25, -0.2) is 4.39 Å². The first-order valence-electron chi connectivity index (χ1n) is 5.14. The minimum Gasteiger partial charge on any atom is -0.396 e. The number of amides is 1. The highest BCUT2D eigenvalue weighted by molar-refractivity contribution is 5.91. The van der Waals surface area contributed by atoms with E-state index in [2.05, 4.69) is 5.32 Å². The van der Waals surface area contributed by atoms with Crippen LogP contribution in [0, 0.1) is 5.82 Å². The zero-order valence-electron chi connectivity index (χ0n) is 9.16. The highest BCUT2D eigenvalue weighted by Gasteiger charge is 1.98. The minimum absolute atomic E-state index is 0.0797. The van der Waals surface area contributed by atoms with Crippen molar-refractivity contribution in [2.24, 2.45) is 0 Å². The summed E-state index contributed by atoms with van der Waals surface area (Å²) in [7, 11) is 0. The zero-order chi connectivity index (χ0) is 12.0. The van der Waals surface area contributed by atoms with Gasteiger partial charge in [-0.3, -0.25) is 4.79 Å². The first kappa shape index (κ1) is 12.2. The van der Waals surface area contributed by atoms with Crippen molar-refractivity contribution < 1.29 is 9.18 Å². The number of nitrogen functional groups attached to an aromatic ring is 1. The van der Waals surface area contributed by atoms with Gasteiger partial charge in [0, 0.05) is 12.6 Å². The predicted molar refractivity (Wildman–Crippen MR) is 63.1 cm³/mol. The summed E-state index contributed by atoms with van der Waals surface area (Å²) in [6.45, 7) is 2.62. The molecule has 0 saturated heterocycles. The fourth-order valence-electron chi connectivity index (χ4n) is 1.14. The molecule has 3 nitrogen and oxygen atoms in total. The molecule has 0 bridgehead atoms. The van der Waals surface area contributed by atoms with Crippen molar-refractivity contribution >= 4 is 17.7 Å². The monoisotopic (exact) mass is 222 g/mol. The second kappa shape index (κ2) is 5.90. The lowest BCUT2D eigenvalue weighted by atomic mass is 10.2. The van der Waals surface area contributed by atoms with Crippen molar-refractivity contribution in [2.75, 3.05) is 12.3 Å². The quantitative estimate of drug-likeness (QED) is 0.604. The Kier molecular flexibility index (Phi) is 4.51. The van der Waals surface area contributed by atoms with E-state index in [4.69, 9.17) is 5.73 Å². The summed E-state index contributed by atoms with van der Waals surface area (Å²) in [6, 6.07) is 4.33. The summed E-state index contributed by atoms with van der Waals surface area (Å²) in [5, 5.41) is 2.70. The Morgan fingerprint density at radius 3 is 2.94 bits per heavy atom. The van der Waals surface area contributed by atoms with Crippen molar-refractivity contribution in [1.29, 1.82) is 0 Å². The molecular weight excluding hydrogens is 207 g/mol. The van der Waals surface area contributed by atoms with Crippen LogP contribution in [0.15, 0.2) is 24.3 Å². The van der Waals surface area contributed by atoms with Gasteiger partial charge in [0.2, 0.25) is 5.91 Å². The molecule has 86 valence electrons. The molecule has 0 aliphatic heterocycles. The third kappa shape index (κ3) is 3.73. The Balaban J connectivity index is 2.62. The highest BCUT2D eigenvalue weighted by Crippen LogP contribution is 2.13. The maximum Gasteiger partial charge on any atom is 0.243 e. The number of halogens is 1. The Morgan fingerprint density at radius 1 is 1.56 bits per heavy atom. The number of hydrogen-bond donors (Lipinski definition) is 2. The predicted octanol–water partition coefficient (Wildman–Crippen LogP) is 1.95. The SMILES string of the molecule is CCCNC(=O)/C=C/c1ccc(F)c(N)c1. The molecular formula is C12H15FN2O. The molecule has 16 heavy (non-hydrogen) atoms. The molecule has 0 aliphatic carbocycles. The zero-order valence-corrected chi connectivity index (χ0v) is 9.16. The molecule has 0 aliphatic rings. The van der Waals surface area contributed by atoms with E-state index >= 15 is 0 Å². The first-order chi connectivity index (χ1) is 7.63. The molecule has 0 atom stereocenters. The van der Waals surface area contributed by atoms with Crippen molar-refractivity contribution in [2.45, 2.75) is 13.3 Å². The second-order valence-electron chi connectivity index (χ2n) is 3.41. The number of hydrogen-bond acceptors (Lipinski definition) is 2. The Morgan fingerprint density at radius 2 is 2.31 bits per heavy atom. The van der Waals surface area contributed by atoms with Gasteiger partial charge in [0.15, 0.2) is 0 Å². The molecule has 3 N–H and O–H groups in total. The maximum atomic E-state index is 12.8. The summed E-state index contributed by atoms with van der Waals surface area (Å²) in [6.07, 6.45) is 3.90. The summed E-state index contributed by atoms with van der Waals surface area (Å²) in [5.74, 6) is -0.614. The average Bonchev–Trinajstić information content (AvgIpc) is 2.28. The van der Waals surface area contributed by atoms with Gasteiger partial charge >= 0.3 is 0 Å². The van der Waals surface area contributed by atoms with Crippen LogP contribution in [0.25, 0.3) is 6.08 Å². The van der Waals surface area contributed by atoms with E-state index in [-0.39, 0.29) is 11.6 Å². The summed E-state index contributed by atoms with van der Waals surface area (Å²) < 4.78 is 12.8. The van der Waals surface area contributed by atoms with Crippen LogP contribution in [-0.2, 0) is 4.79 Å². The Labute approximate surface area is 94.1 Å². The number of rotatable bonds is 4. The first-order valence-corrected chi connectivity index (χ1v) is 5.14. The summed E-state index contributed by atoms with van der Waals surface area (Å²) >= 11 is 0. The van der Waals surface area contributed by atoms with E-state index < -0.39 is 5.82 Å². The molecule has 1 rings (SSSR count). The molecule has 0 aromatic heterocycles. The second-order valence-corrected chi connectivity index (χ2v) is 3.41. The van der Waals surface area contributed by atoms with E-state index in [1.165, 1.54) is 18.2 Å². The molecule has 1 aromatic rings. The van der Waals surface area contributed by atoms with Crippen LogP contribution in [0.1, 0.15) is 18.9 Å². The third-order valence-corrected chi connectivity index (χ3v) is 2.00. The lowest BCUT2D eigenvalue weighted by molar-refractivity contribution is -0.116. The highest BCUT2D eigenvalue weighted by atomic mass is 19.1. The molecule has 0 fully saturated rings. The molecule has 4 heteroatoms. The normalized spacial score (nSPS) is 10.6. The fraction of sp³-hybridized carbons (Fsp3) is 0.250. The topological polar surface area (TPSA) is 55.1 Å². The molecule has 1 aromatic carbocycles. The van der Waals surface area contributed by atoms with Crippen LogP contribution in [0.5, 0.6) is 0 Å². The number of carbonyl (C=O) groups excluding carboxylic acids is 1. The smallest absolute Gasteiger partial charge is 0.243 e. The van der Waals surface area contributed by atoms with E-state index in [1.807, 2.05) is 6.92 Å². The molecule has 0 radical (unpaired) electrons. The molecule has 0 spiro atoms. The van der Waals surface area contributed by atoms with Gasteiger partial charge in [-0.05, 0) is 30.2 Å². The van der Waals surface area contributed by atoms with Crippen molar-refractivity contribution in [3.8, 4) is 0 Å². The van der Waals surface area contributed by atoms with Crippen LogP contribution in [0.4, 0.5) is 10.1 Å². The van der Waals surface area contributed by atoms with E-state index in [0.717, 1.165) is 6.42 Å². The van der Waals surface area contributed by atoms with E-state index in [1.54, 1.807) is 12.1 Å². The van der Waals surface area contributed by atoms with Crippen LogP contribution >= 0.6 is 0 Å². The van der Waals surface area contributed by atoms with Crippen LogP contribution in [0.2, 0.25) is 0 Å². The molecule has 0 saturated carbocycles. The van der Waals surface area contributed by atoms with Gasteiger partial charge in [-0.2, -0.15) is 0 Å². The number of carbonyl (C=O) groups is 1. The van der Waals surface area contributed by atoms with Gasteiger partial charge in [0.05, 0.1) is 5.69 Å². The Bertz CT molecular complexity index is 402. The number of anilines is 1. The number of nitrogens with one attached hydrogen (secondary N) is 1. The average molecular weight is 222 g/mol. The maximum absolute atomic E-state index is 12.8. The standard InChI is InChI=1S/C12H15FN2O/c1-2-7-15-12(16)6-4-9-3-5-10(13)11(14)8-9/h3-6,8H,2,7,14H2,1H3,(H,15,16)/b6-4+. The number of benzene rings is 1. The lowest BCUT2D eigenvalue weighted by Crippen LogP contribution is -2.21. The van der Waals surface area contributed by atoms with Gasteiger partial charge in [-0.1, -0.05) is 13.0 Å². The minimum atomic E-state index is -0.451. The van der Waals surface area contributed by atoms with Crippen LogP contribution in [0.3, 0.4) is 0 Å². The van der Waals surface area contributed by atoms with Gasteiger partial charge in [0.1, 0.15) is 5.82 Å². The van der Waals surface area contributed by atoms with Crippen molar-refractivity contribution in [3.05, 3.63) is 35.7 Å². The summed E-state index contributed by atoms with van der Waals surface area (Å²) in [5.41, 5.74) is 6.18. The van der Waals surface area contributed by atoms with Crippen molar-refractivity contribution in [1.82, 2.24) is 5.32 Å². The largest absolute Gasteiger partial charge is 0.396 e. The Hall–Kier alpha value is -1.84. The van der Waals surface area contributed by atoms with Gasteiger partial charge in [0.25, 0.3) is 0 Å². The van der Waals surface area contributed by atoms with Crippen LogP contribution < -0.4 is 11.1 Å². The van der Waals surface area contributed by atoms with Crippen LogP contribution in [-0.4, -0.2) is 12.5 Å². The molecule has 1 amide bonds. The molecule has 0 heterocycles. The lowest BCUT2D eigenvalue weighted by Gasteiger charge is -1.99. The summed E-state index contributed by atoms with van der Waals surface area (Å²) in [4.78, 5) is 11.2. The van der Waals surface area contributed by atoms with E-state index in [0.29, 0.717) is 12.1 Å². The van der Waals surface area contributed by atoms with Crippen molar-refractivity contribution in [3.63, 3.8) is 0 Å². The number of nitrogens with two attached hydrogens (primary N) is 1. The fourth-order valence-corrected chi connectivity index (χ4v) is 1.14. The van der Waals surface area contributed by atoms with Gasteiger partial charge in [-0.15, -0.1) is 0 Å².